The predicted octanol–water partition coefficient (Wildman–Crippen LogP) is 10.3. The number of hydrogen-bond acceptors (Lipinski definition) is 4. The number of nitrogens with zero attached hydrogens (tertiary/aromatic N) is 1. The van der Waals surface area contributed by atoms with Crippen LogP contribution in [0.2, 0.25) is 0 Å². The van der Waals surface area contributed by atoms with E-state index in [2.05, 4.69) is 96.3 Å². The number of benzene rings is 2. The van der Waals surface area contributed by atoms with Crippen molar-refractivity contribution in [2.24, 2.45) is 5.92 Å². The van der Waals surface area contributed by atoms with Gasteiger partial charge in [-0.25, -0.2) is 0 Å². The first-order valence-electron chi connectivity index (χ1n) is 12.1. The molecule has 0 spiro atoms. The quantitative estimate of drug-likeness (QED) is 0.251. The van der Waals surface area contributed by atoms with Crippen LogP contribution in [-0.2, 0) is 5.41 Å². The van der Waals surface area contributed by atoms with Crippen LogP contribution in [0.1, 0.15) is 65.0 Å². The van der Waals surface area contributed by atoms with Crippen molar-refractivity contribution in [2.75, 3.05) is 0 Å². The van der Waals surface area contributed by atoms with E-state index < -0.39 is 0 Å². The van der Waals surface area contributed by atoms with E-state index in [9.17, 15) is 0 Å². The third-order valence-electron chi connectivity index (χ3n) is 6.80. The molecule has 3 heterocycles. The molecule has 1 aliphatic rings. The van der Waals surface area contributed by atoms with Crippen molar-refractivity contribution < 1.29 is 0 Å². The average molecular weight is 504 g/mol. The molecule has 2 atom stereocenters. The van der Waals surface area contributed by atoms with Gasteiger partial charge in [0.25, 0.3) is 0 Å². The van der Waals surface area contributed by atoms with E-state index in [1.165, 1.54) is 47.5 Å². The molecule has 2 aromatic carbocycles. The Kier molecular flexibility index (Phi) is 6.37. The summed E-state index contributed by atoms with van der Waals surface area (Å²) in [7, 11) is 0. The molecular weight excluding hydrogens is 471 g/mol. The molecule has 5 rings (SSSR count). The first kappa shape index (κ1) is 24.0. The number of hydrogen-bond donors (Lipinski definition) is 0. The molecule has 0 N–H and O–H groups in total. The normalized spacial score (nSPS) is 18.2. The minimum absolute atomic E-state index is 0.0433. The lowest BCUT2D eigenvalue weighted by Crippen LogP contribution is -2.12. The zero-order chi connectivity index (χ0) is 24.2. The van der Waals surface area contributed by atoms with Crippen molar-refractivity contribution in [3.8, 4) is 11.3 Å². The molecule has 2 aromatic heterocycles. The fourth-order valence-electron chi connectivity index (χ4n) is 5.29. The number of pyridine rings is 1. The van der Waals surface area contributed by atoms with E-state index >= 15 is 0 Å². The van der Waals surface area contributed by atoms with Crippen molar-refractivity contribution in [2.45, 2.75) is 74.3 Å². The fraction of sp³-hybridized carbons (Fsp3) is 0.367. The van der Waals surface area contributed by atoms with E-state index in [1.54, 1.807) is 17.3 Å². The van der Waals surface area contributed by atoms with Crippen LogP contribution in [0.15, 0.2) is 64.4 Å². The van der Waals surface area contributed by atoms with Crippen molar-refractivity contribution in [1.82, 2.24) is 4.98 Å². The molecule has 1 aliphatic heterocycles. The summed E-state index contributed by atoms with van der Waals surface area (Å²) in [6.07, 6.45) is 3.22. The summed E-state index contributed by atoms with van der Waals surface area (Å²) < 4.78 is 2.73. The third kappa shape index (κ3) is 4.12. The Hall–Kier alpha value is -1.75. The van der Waals surface area contributed by atoms with Crippen molar-refractivity contribution in [3.63, 3.8) is 0 Å². The van der Waals surface area contributed by atoms with Crippen LogP contribution in [0.4, 0.5) is 0 Å². The molecular formula is C30H33NS3. The topological polar surface area (TPSA) is 12.9 Å². The Morgan fingerprint density at radius 2 is 1.85 bits per heavy atom. The minimum Gasteiger partial charge on any atom is -0.256 e. The van der Waals surface area contributed by atoms with Gasteiger partial charge in [0.2, 0.25) is 0 Å². The minimum atomic E-state index is 0.0433. The number of rotatable bonds is 5. The van der Waals surface area contributed by atoms with Gasteiger partial charge in [0.05, 0.1) is 5.69 Å². The fourth-order valence-corrected chi connectivity index (χ4v) is 8.57. The van der Waals surface area contributed by atoms with Gasteiger partial charge in [-0.1, -0.05) is 65.9 Å². The third-order valence-corrected chi connectivity index (χ3v) is 10.0. The van der Waals surface area contributed by atoms with E-state index in [0.29, 0.717) is 17.1 Å². The second kappa shape index (κ2) is 9.04. The van der Waals surface area contributed by atoms with Gasteiger partial charge in [-0.15, -0.1) is 23.1 Å². The molecule has 1 nitrogen and oxygen atoms in total. The van der Waals surface area contributed by atoms with Gasteiger partial charge in [-0.3, -0.25) is 4.98 Å². The van der Waals surface area contributed by atoms with Gasteiger partial charge in [-0.2, -0.15) is 0 Å². The van der Waals surface area contributed by atoms with Crippen molar-refractivity contribution >= 4 is 55.0 Å². The van der Waals surface area contributed by atoms with Gasteiger partial charge >= 0.3 is 0 Å². The summed E-state index contributed by atoms with van der Waals surface area (Å²) in [5.74, 6) is 1.27. The van der Waals surface area contributed by atoms with Crippen LogP contribution in [-0.4, -0.2) is 10.2 Å². The molecule has 4 heteroatoms. The second-order valence-electron chi connectivity index (χ2n) is 10.8. The standard InChI is InChI=1S/C30H33NS3/c1-8-32-22-10-9-19(16-21(22)30(5,6)7)29-28-25(13-14-31-29)34-24-12-11-23-26(27(24)28)20(15-17(2)3)18(4)33-23/h8-14,16-18,20H,1,15H2,2-7H3. The SMILES string of the molecule is C=CSc1ccc(-c2nccc3sc4ccc5c(c4c23)C(CC(C)C)C(C)S5)cc1C(C)(C)C. The summed E-state index contributed by atoms with van der Waals surface area (Å²) in [5.41, 5.74) is 5.28. The number of aromatic nitrogens is 1. The summed E-state index contributed by atoms with van der Waals surface area (Å²) in [6, 6.07) is 13.8. The molecule has 0 bridgehead atoms. The van der Waals surface area contributed by atoms with Crippen LogP contribution in [0.3, 0.4) is 0 Å². The average Bonchev–Trinajstić information content (AvgIpc) is 3.30. The van der Waals surface area contributed by atoms with E-state index in [-0.39, 0.29) is 5.41 Å². The smallest absolute Gasteiger partial charge is 0.0795 e. The molecule has 4 aromatic rings. The maximum absolute atomic E-state index is 5.00. The Balaban J connectivity index is 1.79. The van der Waals surface area contributed by atoms with E-state index in [4.69, 9.17) is 4.98 Å². The second-order valence-corrected chi connectivity index (χ2v) is 14.3. The lowest BCUT2D eigenvalue weighted by atomic mass is 9.84. The molecule has 0 radical (unpaired) electrons. The van der Waals surface area contributed by atoms with Crippen molar-refractivity contribution in [1.29, 1.82) is 0 Å². The zero-order valence-electron chi connectivity index (χ0n) is 20.9. The van der Waals surface area contributed by atoms with Crippen LogP contribution < -0.4 is 0 Å². The van der Waals surface area contributed by atoms with Crippen molar-refractivity contribution in [3.05, 3.63) is 65.7 Å². The predicted molar refractivity (Wildman–Crippen MR) is 155 cm³/mol. The van der Waals surface area contributed by atoms with Crippen LogP contribution in [0.25, 0.3) is 31.4 Å². The molecule has 2 unspecified atom stereocenters. The number of thiophene rings is 1. The van der Waals surface area contributed by atoms with E-state index in [0.717, 1.165) is 5.69 Å². The molecule has 176 valence electrons. The van der Waals surface area contributed by atoms with Gasteiger partial charge in [-0.05, 0) is 70.5 Å². The van der Waals surface area contributed by atoms with E-state index in [1.807, 2.05) is 22.9 Å². The van der Waals surface area contributed by atoms with Gasteiger partial charge < -0.3 is 0 Å². The highest BCUT2D eigenvalue weighted by atomic mass is 32.2. The first-order chi connectivity index (χ1) is 16.2. The van der Waals surface area contributed by atoms with Crippen LogP contribution in [0, 0.1) is 5.92 Å². The molecule has 0 saturated carbocycles. The molecule has 0 saturated heterocycles. The highest BCUT2D eigenvalue weighted by Gasteiger charge is 2.34. The summed E-state index contributed by atoms with van der Waals surface area (Å²) in [4.78, 5) is 7.74. The van der Waals surface area contributed by atoms with Crippen LogP contribution >= 0.6 is 34.9 Å². The Labute approximate surface area is 216 Å². The Bertz CT molecular complexity index is 1390. The summed E-state index contributed by atoms with van der Waals surface area (Å²) >= 11 is 5.67. The zero-order valence-corrected chi connectivity index (χ0v) is 23.4. The maximum Gasteiger partial charge on any atom is 0.0795 e. The molecule has 0 aliphatic carbocycles. The summed E-state index contributed by atoms with van der Waals surface area (Å²) in [6.45, 7) is 17.9. The number of fused-ring (bicyclic) bond motifs is 5. The monoisotopic (exact) mass is 503 g/mol. The molecule has 34 heavy (non-hydrogen) atoms. The number of thioether (sulfide) groups is 2. The molecule has 0 amide bonds. The lowest BCUT2D eigenvalue weighted by Gasteiger charge is -2.23. The highest BCUT2D eigenvalue weighted by molar-refractivity contribution is 8.02. The molecule has 0 fully saturated rings. The van der Waals surface area contributed by atoms with Gasteiger partial charge in [0.1, 0.15) is 0 Å². The van der Waals surface area contributed by atoms with Gasteiger partial charge in [0.15, 0.2) is 0 Å². The van der Waals surface area contributed by atoms with Crippen LogP contribution in [0.5, 0.6) is 0 Å². The first-order valence-corrected chi connectivity index (χ1v) is 14.7. The largest absolute Gasteiger partial charge is 0.256 e. The Morgan fingerprint density at radius 3 is 2.56 bits per heavy atom. The lowest BCUT2D eigenvalue weighted by molar-refractivity contribution is 0.501. The maximum atomic E-state index is 5.00. The highest BCUT2D eigenvalue weighted by Crippen LogP contribution is 2.54. The Morgan fingerprint density at radius 1 is 1.09 bits per heavy atom. The van der Waals surface area contributed by atoms with Gasteiger partial charge in [0, 0.05) is 47.0 Å². The summed E-state index contributed by atoms with van der Waals surface area (Å²) in [5, 5.41) is 5.32.